The molecule has 112 valence electrons. The van der Waals surface area contributed by atoms with E-state index < -0.39 is 12.6 Å². The smallest absolute Gasteiger partial charge is 0.337 e. The summed E-state index contributed by atoms with van der Waals surface area (Å²) in [7, 11) is 0. The van der Waals surface area contributed by atoms with Gasteiger partial charge in [0.15, 0.2) is 0 Å². The van der Waals surface area contributed by atoms with Crippen molar-refractivity contribution in [2.24, 2.45) is 0 Å². The van der Waals surface area contributed by atoms with Crippen LogP contribution in [0.4, 0.5) is 11.4 Å². The number of hydrogen-bond donors (Lipinski definition) is 3. The number of fused-ring (bicyclic) bond motifs is 1. The fraction of sp³-hybridized carbons (Fsp3) is 0.118. The van der Waals surface area contributed by atoms with E-state index in [-0.39, 0.29) is 0 Å². The standard InChI is InChI=1S/C17H16N2O3/c18-15-3-1-2-14-12(9-19-17(14)15)8-11-4-6-13(7-5-11)22-16(21)10-20/h1-8,19-20H,9-10,18H2. The summed E-state index contributed by atoms with van der Waals surface area (Å²) in [5, 5.41) is 11.9. The molecule has 2 aromatic carbocycles. The number of para-hydroxylation sites is 1. The Hall–Kier alpha value is -2.79. The lowest BCUT2D eigenvalue weighted by Gasteiger charge is -2.04. The van der Waals surface area contributed by atoms with Crippen molar-refractivity contribution in [1.29, 1.82) is 0 Å². The minimum Gasteiger partial charge on any atom is -0.425 e. The van der Waals surface area contributed by atoms with Crippen LogP contribution in [0.15, 0.2) is 42.5 Å². The summed E-state index contributed by atoms with van der Waals surface area (Å²) in [6.45, 7) is 0.0977. The van der Waals surface area contributed by atoms with Gasteiger partial charge in [-0.15, -0.1) is 0 Å². The lowest BCUT2D eigenvalue weighted by molar-refractivity contribution is -0.137. The van der Waals surface area contributed by atoms with Gasteiger partial charge in [0.1, 0.15) is 12.4 Å². The lowest BCUT2D eigenvalue weighted by atomic mass is 10.0. The van der Waals surface area contributed by atoms with Crippen molar-refractivity contribution in [2.45, 2.75) is 0 Å². The molecule has 0 saturated heterocycles. The number of hydrogen-bond acceptors (Lipinski definition) is 5. The van der Waals surface area contributed by atoms with Gasteiger partial charge < -0.3 is 20.9 Å². The summed E-state index contributed by atoms with van der Waals surface area (Å²) in [6.07, 6.45) is 2.07. The van der Waals surface area contributed by atoms with Crippen molar-refractivity contribution >= 4 is 29.0 Å². The topological polar surface area (TPSA) is 84.6 Å². The molecule has 5 heteroatoms. The summed E-state index contributed by atoms with van der Waals surface area (Å²) >= 11 is 0. The van der Waals surface area contributed by atoms with Crippen LogP contribution < -0.4 is 15.8 Å². The average molecular weight is 296 g/mol. The number of anilines is 2. The van der Waals surface area contributed by atoms with E-state index in [1.165, 1.54) is 0 Å². The van der Waals surface area contributed by atoms with Crippen molar-refractivity contribution in [1.82, 2.24) is 0 Å². The van der Waals surface area contributed by atoms with Crippen LogP contribution in [0, 0.1) is 0 Å². The molecule has 5 nitrogen and oxygen atoms in total. The van der Waals surface area contributed by atoms with Crippen LogP contribution in [-0.4, -0.2) is 24.2 Å². The minimum absolute atomic E-state index is 0.412. The van der Waals surface area contributed by atoms with Crippen molar-refractivity contribution in [2.75, 3.05) is 24.2 Å². The zero-order chi connectivity index (χ0) is 15.5. The number of benzene rings is 2. The van der Waals surface area contributed by atoms with E-state index in [9.17, 15) is 4.79 Å². The number of carbonyl (C=O) groups excluding carboxylic acids is 1. The second-order valence-electron chi connectivity index (χ2n) is 4.99. The third kappa shape index (κ3) is 2.80. The number of aliphatic hydroxyl groups excluding tert-OH is 1. The van der Waals surface area contributed by atoms with Gasteiger partial charge in [0.25, 0.3) is 0 Å². The third-order valence-corrected chi connectivity index (χ3v) is 3.48. The molecule has 0 bridgehead atoms. The highest BCUT2D eigenvalue weighted by molar-refractivity contribution is 5.96. The van der Waals surface area contributed by atoms with E-state index >= 15 is 0 Å². The normalized spacial score (nSPS) is 14.5. The molecule has 1 heterocycles. The van der Waals surface area contributed by atoms with Gasteiger partial charge in [0.05, 0.1) is 11.4 Å². The van der Waals surface area contributed by atoms with Crippen LogP contribution in [0.1, 0.15) is 11.1 Å². The van der Waals surface area contributed by atoms with Crippen molar-refractivity contribution < 1.29 is 14.6 Å². The molecule has 0 fully saturated rings. The fourth-order valence-electron chi connectivity index (χ4n) is 2.44. The zero-order valence-electron chi connectivity index (χ0n) is 11.9. The van der Waals surface area contributed by atoms with E-state index in [0.29, 0.717) is 5.75 Å². The van der Waals surface area contributed by atoms with Crippen LogP contribution in [0.5, 0.6) is 5.75 Å². The second-order valence-corrected chi connectivity index (χ2v) is 4.99. The summed E-state index contributed by atoms with van der Waals surface area (Å²) in [5.74, 6) is -0.258. The Morgan fingerprint density at radius 3 is 2.77 bits per heavy atom. The van der Waals surface area contributed by atoms with Crippen molar-refractivity contribution in [3.63, 3.8) is 0 Å². The first-order valence-corrected chi connectivity index (χ1v) is 6.92. The highest BCUT2D eigenvalue weighted by Gasteiger charge is 2.17. The van der Waals surface area contributed by atoms with Crippen LogP contribution >= 0.6 is 0 Å². The van der Waals surface area contributed by atoms with E-state index in [0.717, 1.165) is 34.6 Å². The van der Waals surface area contributed by atoms with Crippen LogP contribution in [0.25, 0.3) is 11.6 Å². The van der Waals surface area contributed by atoms with Gasteiger partial charge in [-0.25, -0.2) is 4.79 Å². The molecule has 4 N–H and O–H groups in total. The molecule has 0 atom stereocenters. The maximum absolute atomic E-state index is 11.0. The summed E-state index contributed by atoms with van der Waals surface area (Å²) in [6, 6.07) is 13.0. The first kappa shape index (κ1) is 14.2. The maximum Gasteiger partial charge on any atom is 0.337 e. The monoisotopic (exact) mass is 296 g/mol. The van der Waals surface area contributed by atoms with E-state index in [1.54, 1.807) is 12.1 Å². The lowest BCUT2D eigenvalue weighted by Crippen LogP contribution is -2.11. The fourth-order valence-corrected chi connectivity index (χ4v) is 2.44. The Balaban J connectivity index is 1.82. The number of nitrogen functional groups attached to an aromatic ring is 1. The second kappa shape index (κ2) is 5.91. The van der Waals surface area contributed by atoms with Gasteiger partial charge in [-0.3, -0.25) is 0 Å². The maximum atomic E-state index is 11.0. The van der Waals surface area contributed by atoms with Crippen molar-refractivity contribution in [3.05, 3.63) is 53.6 Å². The molecule has 0 aliphatic carbocycles. The molecule has 1 aliphatic rings. The number of ether oxygens (including phenoxy) is 1. The Kier molecular flexibility index (Phi) is 3.80. The molecule has 0 saturated carbocycles. The van der Waals surface area contributed by atoms with Gasteiger partial charge in [-0.05, 0) is 35.4 Å². The van der Waals surface area contributed by atoms with E-state index in [2.05, 4.69) is 11.4 Å². The van der Waals surface area contributed by atoms with Gasteiger partial charge in [0.2, 0.25) is 0 Å². The zero-order valence-corrected chi connectivity index (χ0v) is 11.9. The van der Waals surface area contributed by atoms with E-state index in [1.807, 2.05) is 30.3 Å². The minimum atomic E-state index is -0.671. The van der Waals surface area contributed by atoms with Gasteiger partial charge in [0, 0.05) is 12.1 Å². The van der Waals surface area contributed by atoms with Gasteiger partial charge in [-0.1, -0.05) is 24.3 Å². The highest BCUT2D eigenvalue weighted by atomic mass is 16.5. The molecular formula is C17H16N2O3. The Morgan fingerprint density at radius 1 is 1.27 bits per heavy atom. The van der Waals surface area contributed by atoms with Crippen LogP contribution in [-0.2, 0) is 4.79 Å². The quantitative estimate of drug-likeness (QED) is 0.459. The number of nitrogens with two attached hydrogens (primary N) is 1. The number of esters is 1. The Morgan fingerprint density at radius 2 is 2.05 bits per heavy atom. The molecule has 0 amide bonds. The molecule has 2 aromatic rings. The Labute approximate surface area is 128 Å². The molecular weight excluding hydrogens is 280 g/mol. The summed E-state index contributed by atoms with van der Waals surface area (Å²) in [4.78, 5) is 11.0. The SMILES string of the molecule is Nc1cccc2c1NCC2=Cc1ccc(OC(=O)CO)cc1. The van der Waals surface area contributed by atoms with Gasteiger partial charge >= 0.3 is 5.97 Å². The third-order valence-electron chi connectivity index (χ3n) is 3.48. The average Bonchev–Trinajstić information content (AvgIpc) is 2.94. The number of carbonyl (C=O) groups is 1. The summed E-state index contributed by atoms with van der Waals surface area (Å²) in [5.41, 5.74) is 10.9. The number of aliphatic hydroxyl groups is 1. The molecule has 0 radical (unpaired) electrons. The van der Waals surface area contributed by atoms with Crippen LogP contribution in [0.2, 0.25) is 0 Å². The van der Waals surface area contributed by atoms with Crippen LogP contribution in [0.3, 0.4) is 0 Å². The first-order valence-electron chi connectivity index (χ1n) is 6.92. The van der Waals surface area contributed by atoms with Gasteiger partial charge in [-0.2, -0.15) is 0 Å². The number of rotatable bonds is 3. The molecule has 3 rings (SSSR count). The largest absolute Gasteiger partial charge is 0.425 e. The molecule has 1 aliphatic heterocycles. The first-order chi connectivity index (χ1) is 10.7. The van der Waals surface area contributed by atoms with E-state index in [4.69, 9.17) is 15.6 Å². The molecule has 22 heavy (non-hydrogen) atoms. The highest BCUT2D eigenvalue weighted by Crippen LogP contribution is 2.36. The van der Waals surface area contributed by atoms with Crippen molar-refractivity contribution in [3.8, 4) is 5.75 Å². The Bertz CT molecular complexity index is 736. The summed E-state index contributed by atoms with van der Waals surface area (Å²) < 4.78 is 4.92. The predicted molar refractivity (Wildman–Crippen MR) is 86.4 cm³/mol. The molecule has 0 aromatic heterocycles. The molecule has 0 unspecified atom stereocenters. The predicted octanol–water partition coefficient (Wildman–Crippen LogP) is 2.13. The number of nitrogens with one attached hydrogen (secondary N) is 1. The molecule has 0 spiro atoms.